The Kier molecular flexibility index (Phi) is 4.38. The van der Waals surface area contributed by atoms with Crippen LogP contribution in [-0.2, 0) is 14.3 Å². The summed E-state index contributed by atoms with van der Waals surface area (Å²) < 4.78 is 15.8. The van der Waals surface area contributed by atoms with Gasteiger partial charge in [-0.15, -0.1) is 0 Å². The SMILES string of the molecule is COc1cc(OC)c(NC(=O)[C@@H]2[C@@H](C(=O)O)[C@@H]3C=C[C@H]2O3)cc1Cl. The quantitative estimate of drug-likeness (QED) is 0.786. The van der Waals surface area contributed by atoms with Crippen molar-refractivity contribution in [3.63, 3.8) is 0 Å². The average molecular weight is 354 g/mol. The number of fused-ring (bicyclic) bond motifs is 2. The summed E-state index contributed by atoms with van der Waals surface area (Å²) in [7, 11) is 2.91. The van der Waals surface area contributed by atoms with Gasteiger partial charge in [0.15, 0.2) is 0 Å². The van der Waals surface area contributed by atoms with E-state index in [1.807, 2.05) is 0 Å². The first kappa shape index (κ1) is 16.6. The first-order chi connectivity index (χ1) is 11.5. The molecular weight excluding hydrogens is 338 g/mol. The van der Waals surface area contributed by atoms with Gasteiger partial charge in [0.2, 0.25) is 5.91 Å². The van der Waals surface area contributed by atoms with Crippen molar-refractivity contribution in [1.29, 1.82) is 0 Å². The smallest absolute Gasteiger partial charge is 0.310 e. The number of anilines is 1. The number of amides is 1. The molecule has 1 fully saturated rings. The summed E-state index contributed by atoms with van der Waals surface area (Å²) in [5.74, 6) is -2.49. The van der Waals surface area contributed by atoms with Crippen LogP contribution in [0.1, 0.15) is 0 Å². The van der Waals surface area contributed by atoms with E-state index in [4.69, 9.17) is 25.8 Å². The lowest BCUT2D eigenvalue weighted by Gasteiger charge is -2.22. The minimum atomic E-state index is -1.06. The summed E-state index contributed by atoms with van der Waals surface area (Å²) in [4.78, 5) is 24.1. The van der Waals surface area contributed by atoms with Gasteiger partial charge in [0.25, 0.3) is 0 Å². The van der Waals surface area contributed by atoms with Crippen LogP contribution in [0.2, 0.25) is 5.02 Å². The highest BCUT2D eigenvalue weighted by Crippen LogP contribution is 2.41. The van der Waals surface area contributed by atoms with Gasteiger partial charge in [-0.05, 0) is 6.07 Å². The van der Waals surface area contributed by atoms with E-state index in [9.17, 15) is 14.7 Å². The maximum Gasteiger partial charge on any atom is 0.310 e. The molecule has 1 saturated heterocycles. The maximum atomic E-state index is 12.6. The summed E-state index contributed by atoms with van der Waals surface area (Å²) in [6.07, 6.45) is 2.27. The summed E-state index contributed by atoms with van der Waals surface area (Å²) in [6, 6.07) is 3.04. The molecule has 128 valence electrons. The Hall–Kier alpha value is -2.25. The van der Waals surface area contributed by atoms with Crippen LogP contribution in [0, 0.1) is 11.8 Å². The van der Waals surface area contributed by atoms with Crippen molar-refractivity contribution in [3.05, 3.63) is 29.3 Å². The number of halogens is 1. The van der Waals surface area contributed by atoms with E-state index in [1.165, 1.54) is 20.3 Å². The van der Waals surface area contributed by atoms with Gasteiger partial charge in [0.1, 0.15) is 17.4 Å². The Morgan fingerprint density at radius 1 is 1.12 bits per heavy atom. The van der Waals surface area contributed by atoms with E-state index in [-0.39, 0.29) is 0 Å². The standard InChI is InChI=1S/C16H16ClNO6/c1-22-11-6-12(23-2)8(5-7(11)17)18-15(19)13-9-3-4-10(24-9)14(13)16(20)21/h3-6,9-10,13-14H,1-2H3,(H,18,19)(H,20,21)/t9-,10+,13+,14+/m1/s1. The van der Waals surface area contributed by atoms with Gasteiger partial charge < -0.3 is 24.6 Å². The van der Waals surface area contributed by atoms with Crippen molar-refractivity contribution in [2.24, 2.45) is 11.8 Å². The second-order valence-corrected chi connectivity index (χ2v) is 5.92. The molecule has 0 unspecified atom stereocenters. The van der Waals surface area contributed by atoms with Crippen molar-refractivity contribution in [3.8, 4) is 11.5 Å². The third-order valence-electron chi connectivity index (χ3n) is 4.22. The van der Waals surface area contributed by atoms with Gasteiger partial charge in [0, 0.05) is 6.07 Å². The normalized spacial score (nSPS) is 27.1. The largest absolute Gasteiger partial charge is 0.495 e. The zero-order valence-electron chi connectivity index (χ0n) is 13.0. The molecule has 1 aromatic rings. The van der Waals surface area contributed by atoms with Gasteiger partial charge >= 0.3 is 5.97 Å². The first-order valence-corrected chi connectivity index (χ1v) is 7.63. The van der Waals surface area contributed by atoms with Crippen LogP contribution in [0.25, 0.3) is 0 Å². The zero-order chi connectivity index (χ0) is 17.4. The zero-order valence-corrected chi connectivity index (χ0v) is 13.7. The molecule has 2 bridgehead atoms. The van der Waals surface area contributed by atoms with Crippen LogP contribution in [0.5, 0.6) is 11.5 Å². The lowest BCUT2D eigenvalue weighted by molar-refractivity contribution is -0.145. The Morgan fingerprint density at radius 3 is 2.33 bits per heavy atom. The summed E-state index contributed by atoms with van der Waals surface area (Å²) in [6.45, 7) is 0. The third-order valence-corrected chi connectivity index (χ3v) is 4.51. The van der Waals surface area contributed by atoms with Gasteiger partial charge in [-0.1, -0.05) is 23.8 Å². The van der Waals surface area contributed by atoms with Gasteiger partial charge in [-0.25, -0.2) is 0 Å². The van der Waals surface area contributed by atoms with E-state index in [2.05, 4.69) is 5.32 Å². The number of hydrogen-bond acceptors (Lipinski definition) is 5. The molecule has 1 amide bonds. The third kappa shape index (κ3) is 2.70. The Morgan fingerprint density at radius 2 is 1.75 bits per heavy atom. The van der Waals surface area contributed by atoms with Gasteiger partial charge in [0.05, 0.1) is 43.1 Å². The van der Waals surface area contributed by atoms with Crippen molar-refractivity contribution in [2.45, 2.75) is 12.2 Å². The van der Waals surface area contributed by atoms with Gasteiger partial charge in [-0.3, -0.25) is 9.59 Å². The second kappa shape index (κ2) is 6.33. The molecular formula is C16H16ClNO6. The molecule has 3 rings (SSSR count). The molecule has 4 atom stereocenters. The minimum absolute atomic E-state index is 0.299. The highest BCUT2D eigenvalue weighted by atomic mass is 35.5. The summed E-state index contributed by atoms with van der Waals surface area (Å²) in [5.41, 5.74) is 0.337. The number of carbonyl (C=O) groups is 2. The lowest BCUT2D eigenvalue weighted by atomic mass is 9.82. The number of rotatable bonds is 5. The fourth-order valence-corrected chi connectivity index (χ4v) is 3.33. The molecule has 2 N–H and O–H groups in total. The molecule has 2 aliphatic heterocycles. The topological polar surface area (TPSA) is 94.1 Å². The molecule has 2 aliphatic rings. The van der Waals surface area contributed by atoms with Crippen LogP contribution in [0.3, 0.4) is 0 Å². The van der Waals surface area contributed by atoms with Crippen LogP contribution >= 0.6 is 11.6 Å². The molecule has 0 radical (unpaired) electrons. The number of nitrogens with one attached hydrogen (secondary N) is 1. The average Bonchev–Trinajstić information content (AvgIpc) is 3.16. The Bertz CT molecular complexity index is 719. The predicted molar refractivity (Wildman–Crippen MR) is 85.6 cm³/mol. The minimum Gasteiger partial charge on any atom is -0.495 e. The number of hydrogen-bond donors (Lipinski definition) is 2. The Labute approximate surface area is 143 Å². The van der Waals surface area contributed by atoms with Crippen LogP contribution in [0.15, 0.2) is 24.3 Å². The molecule has 24 heavy (non-hydrogen) atoms. The number of benzene rings is 1. The van der Waals surface area contributed by atoms with E-state index in [1.54, 1.807) is 18.2 Å². The number of methoxy groups -OCH3 is 2. The molecule has 0 spiro atoms. The van der Waals surface area contributed by atoms with Gasteiger partial charge in [-0.2, -0.15) is 0 Å². The number of carboxylic acids is 1. The van der Waals surface area contributed by atoms with Crippen LogP contribution in [-0.4, -0.2) is 43.4 Å². The molecule has 0 aromatic heterocycles. The van der Waals surface area contributed by atoms with E-state index >= 15 is 0 Å². The van der Waals surface area contributed by atoms with Crippen molar-refractivity contribution < 1.29 is 28.9 Å². The van der Waals surface area contributed by atoms with Crippen molar-refractivity contribution in [1.82, 2.24) is 0 Å². The molecule has 1 aromatic carbocycles. The molecule has 8 heteroatoms. The predicted octanol–water partition coefficient (Wildman–Crippen LogP) is 1.95. The first-order valence-electron chi connectivity index (χ1n) is 7.25. The summed E-state index contributed by atoms with van der Waals surface area (Å²) in [5, 5.41) is 12.4. The fraction of sp³-hybridized carbons (Fsp3) is 0.375. The second-order valence-electron chi connectivity index (χ2n) is 5.52. The van der Waals surface area contributed by atoms with Crippen LogP contribution < -0.4 is 14.8 Å². The number of carbonyl (C=O) groups excluding carboxylic acids is 1. The number of carboxylic acid groups (broad SMARTS) is 1. The van der Waals surface area contributed by atoms with E-state index in [0.717, 1.165) is 0 Å². The van der Waals surface area contributed by atoms with Crippen molar-refractivity contribution in [2.75, 3.05) is 19.5 Å². The maximum absolute atomic E-state index is 12.6. The Balaban J connectivity index is 1.86. The molecule has 0 saturated carbocycles. The molecule has 2 heterocycles. The number of ether oxygens (including phenoxy) is 3. The molecule has 7 nitrogen and oxygen atoms in total. The monoisotopic (exact) mass is 353 g/mol. The van der Waals surface area contributed by atoms with Crippen LogP contribution in [0.4, 0.5) is 5.69 Å². The highest BCUT2D eigenvalue weighted by molar-refractivity contribution is 6.32. The number of aliphatic carboxylic acids is 1. The van der Waals surface area contributed by atoms with E-state index in [0.29, 0.717) is 22.2 Å². The molecule has 0 aliphatic carbocycles. The van der Waals surface area contributed by atoms with Crippen molar-refractivity contribution >= 4 is 29.2 Å². The highest BCUT2D eigenvalue weighted by Gasteiger charge is 2.53. The lowest BCUT2D eigenvalue weighted by Crippen LogP contribution is -2.39. The summed E-state index contributed by atoms with van der Waals surface area (Å²) >= 11 is 6.08. The fourth-order valence-electron chi connectivity index (χ4n) is 3.09. The van der Waals surface area contributed by atoms with E-state index < -0.39 is 35.9 Å².